The van der Waals surface area contributed by atoms with Gasteiger partial charge in [0.15, 0.2) is 0 Å². The van der Waals surface area contributed by atoms with E-state index >= 15 is 0 Å². The minimum Gasteiger partial charge on any atom is -0.456 e. The lowest BCUT2D eigenvalue weighted by Crippen LogP contribution is -1.94. The molecular formula is C46H28O. The van der Waals surface area contributed by atoms with Crippen LogP contribution in [0.2, 0.25) is 0 Å². The van der Waals surface area contributed by atoms with E-state index in [1.807, 2.05) is 0 Å². The van der Waals surface area contributed by atoms with Gasteiger partial charge in [0.05, 0.1) is 37.0 Å². The molecule has 218 valence electrons. The summed E-state index contributed by atoms with van der Waals surface area (Å²) in [5, 5.41) is -6.49. The van der Waals surface area contributed by atoms with Crippen molar-refractivity contribution in [3.63, 3.8) is 0 Å². The van der Waals surface area contributed by atoms with E-state index in [9.17, 15) is 15.1 Å². The maximum atomic E-state index is 9.84. The molecule has 47 heavy (non-hydrogen) atoms. The van der Waals surface area contributed by atoms with Gasteiger partial charge >= 0.3 is 0 Å². The van der Waals surface area contributed by atoms with Crippen LogP contribution < -0.4 is 0 Å². The van der Waals surface area contributed by atoms with Crippen LogP contribution in [0.1, 0.15) is 37.0 Å². The lowest BCUT2D eigenvalue weighted by atomic mass is 9.81. The lowest BCUT2D eigenvalue weighted by Gasteiger charge is -2.22. The second-order valence-electron chi connectivity index (χ2n) is 10.3. The number of furan rings is 1. The van der Waals surface area contributed by atoms with Gasteiger partial charge in [0.2, 0.25) is 0 Å². The highest BCUT2D eigenvalue weighted by Crippen LogP contribution is 2.49. The highest BCUT2D eigenvalue weighted by atomic mass is 16.3. The van der Waals surface area contributed by atoms with Gasteiger partial charge in [0, 0.05) is 10.8 Å². The Morgan fingerprint density at radius 2 is 0.894 bits per heavy atom. The van der Waals surface area contributed by atoms with Crippen molar-refractivity contribution in [2.24, 2.45) is 0 Å². The Morgan fingerprint density at radius 1 is 0.362 bits per heavy atom. The Labute approximate surface area is 309 Å². The van der Waals surface area contributed by atoms with Crippen LogP contribution >= 0.6 is 0 Å². The number of hydrogen-bond donors (Lipinski definition) is 0. The first-order valence-corrected chi connectivity index (χ1v) is 14.0. The first-order chi connectivity index (χ1) is 34.6. The Kier molecular flexibility index (Phi) is 2.37. The minimum atomic E-state index is -1.02. The lowest BCUT2D eigenvalue weighted by molar-refractivity contribution is 0.669. The van der Waals surface area contributed by atoms with Gasteiger partial charge in [0.25, 0.3) is 0 Å². The zero-order chi connectivity index (χ0) is 54.4. The van der Waals surface area contributed by atoms with E-state index in [2.05, 4.69) is 0 Å². The van der Waals surface area contributed by atoms with Gasteiger partial charge < -0.3 is 4.42 Å². The summed E-state index contributed by atoms with van der Waals surface area (Å²) in [6.45, 7) is 0. The van der Waals surface area contributed by atoms with E-state index in [4.69, 9.17) is 26.3 Å². The van der Waals surface area contributed by atoms with Crippen molar-refractivity contribution < 1.29 is 41.4 Å². The number of rotatable bonds is 3. The molecule has 1 aromatic heterocycles. The fourth-order valence-corrected chi connectivity index (χ4v) is 5.97. The van der Waals surface area contributed by atoms with Crippen LogP contribution in [0, 0.1) is 0 Å². The molecule has 10 aromatic rings. The molecule has 10 rings (SSSR count). The molecule has 1 heterocycles. The summed E-state index contributed by atoms with van der Waals surface area (Å²) >= 11 is 0. The number of para-hydroxylation sites is 1. The average Bonchev–Trinajstić information content (AvgIpc) is 3.78. The largest absolute Gasteiger partial charge is 0.456 e. The van der Waals surface area contributed by atoms with E-state index in [1.54, 1.807) is 0 Å². The normalized spacial score (nSPS) is 19.9. The molecule has 0 aliphatic carbocycles. The zero-order valence-electron chi connectivity index (χ0n) is 50.5. The van der Waals surface area contributed by atoms with Crippen LogP contribution in [0.25, 0.3) is 98.4 Å². The number of fused-ring (bicyclic) bond motifs is 7. The Morgan fingerprint density at radius 3 is 1.62 bits per heavy atom. The summed E-state index contributed by atoms with van der Waals surface area (Å²) in [6, 6.07) is -23.6. The van der Waals surface area contributed by atoms with Crippen LogP contribution in [0.15, 0.2) is 174 Å². The van der Waals surface area contributed by atoms with Crippen LogP contribution in [0.4, 0.5) is 0 Å². The van der Waals surface area contributed by atoms with Gasteiger partial charge in [-0.2, -0.15) is 0 Å². The fraction of sp³-hybridized carbons (Fsp3) is 0. The smallest absolute Gasteiger partial charge is 0.135 e. The van der Waals surface area contributed by atoms with E-state index in [1.165, 1.54) is 0 Å². The maximum Gasteiger partial charge on any atom is 0.135 e. The second kappa shape index (κ2) is 10.2. The van der Waals surface area contributed by atoms with Gasteiger partial charge in [0.1, 0.15) is 11.2 Å². The highest BCUT2D eigenvalue weighted by Gasteiger charge is 2.22. The Bertz CT molecular complexity index is 4370. The topological polar surface area (TPSA) is 13.1 Å². The van der Waals surface area contributed by atoms with Crippen LogP contribution in [0.3, 0.4) is 0 Å². The molecule has 0 amide bonds. The fourth-order valence-electron chi connectivity index (χ4n) is 5.97. The third kappa shape index (κ3) is 3.90. The molecule has 0 atom stereocenters. The van der Waals surface area contributed by atoms with Crippen molar-refractivity contribution in [3.05, 3.63) is 169 Å². The van der Waals surface area contributed by atoms with E-state index in [0.29, 0.717) is 0 Å². The third-order valence-electron chi connectivity index (χ3n) is 7.90. The molecule has 1 heteroatoms. The van der Waals surface area contributed by atoms with Crippen molar-refractivity contribution in [1.29, 1.82) is 0 Å². The zero-order valence-corrected chi connectivity index (χ0v) is 23.5. The van der Waals surface area contributed by atoms with Crippen molar-refractivity contribution >= 4 is 65.0 Å². The molecule has 0 aliphatic rings. The molecular weight excluding hydrogens is 569 g/mol. The second-order valence-corrected chi connectivity index (χ2v) is 10.3. The maximum absolute atomic E-state index is 9.84. The summed E-state index contributed by atoms with van der Waals surface area (Å²) in [5.74, 6) is 0. The molecule has 0 unspecified atom stereocenters. The SMILES string of the molecule is [2H]c1cc(-c2c([2H])c([2H])c3oc4c([2H])c([2H])c([2H])c([2H])c4c3c2[2H])c2c(-c3c([2H])c([2H])c([2H])c4c([2H])c([2H])c([2H])c([2H])c34)c3c([2H])c([2H])c([2H])c([2H])c3c(-c3c([2H])c([2H])c([2H])c4c([2H])c([2H])c([2H])c([2H])c34)c2c1[2H]. The van der Waals surface area contributed by atoms with Crippen molar-refractivity contribution in [2.45, 2.75) is 0 Å². The van der Waals surface area contributed by atoms with Crippen molar-refractivity contribution in [1.82, 2.24) is 0 Å². The monoisotopic (exact) mass is 623 g/mol. The van der Waals surface area contributed by atoms with E-state index in [0.717, 1.165) is 6.07 Å². The number of hydrogen-bond acceptors (Lipinski definition) is 1. The van der Waals surface area contributed by atoms with Gasteiger partial charge in [-0.1, -0.05) is 151 Å². The molecule has 0 fully saturated rings. The summed E-state index contributed by atoms with van der Waals surface area (Å²) in [5.41, 5.74) is -5.36. The molecule has 0 spiro atoms. The average molecular weight is 624 g/mol. The quantitative estimate of drug-likeness (QED) is 0.178. The molecule has 0 saturated carbocycles. The van der Waals surface area contributed by atoms with E-state index in [-0.39, 0.29) is 0 Å². The van der Waals surface area contributed by atoms with Gasteiger partial charge in [-0.3, -0.25) is 0 Å². The molecule has 0 aliphatic heterocycles. The van der Waals surface area contributed by atoms with Crippen LogP contribution in [-0.4, -0.2) is 0 Å². The van der Waals surface area contributed by atoms with Crippen molar-refractivity contribution in [2.75, 3.05) is 0 Å². The predicted molar refractivity (Wildman–Crippen MR) is 200 cm³/mol. The number of benzene rings is 9. The first-order valence-electron chi connectivity index (χ1n) is 27.5. The predicted octanol–water partition coefficient (Wildman–Crippen LogP) is 13.2. The Balaban J connectivity index is 1.66. The molecule has 0 N–H and O–H groups in total. The summed E-state index contributed by atoms with van der Waals surface area (Å²) < 4.78 is 251. The first kappa shape index (κ1) is 11.0. The summed E-state index contributed by atoms with van der Waals surface area (Å²) in [7, 11) is 0. The van der Waals surface area contributed by atoms with Gasteiger partial charge in [-0.05, 0) is 94.6 Å². The molecule has 0 bridgehead atoms. The summed E-state index contributed by atoms with van der Waals surface area (Å²) in [6.07, 6.45) is 0. The van der Waals surface area contributed by atoms with E-state index < -0.39 is 262 Å². The molecule has 9 aromatic carbocycles. The minimum absolute atomic E-state index is 0.433. The van der Waals surface area contributed by atoms with Crippen LogP contribution in [0.5, 0.6) is 0 Å². The van der Waals surface area contributed by atoms with Gasteiger partial charge in [-0.15, -0.1) is 0 Å². The highest BCUT2D eigenvalue weighted by molar-refractivity contribution is 6.28. The third-order valence-corrected chi connectivity index (χ3v) is 7.90. The Hall–Kier alpha value is -6.18. The van der Waals surface area contributed by atoms with Crippen molar-refractivity contribution in [3.8, 4) is 33.4 Å². The standard InChI is InChI=1S/C46H28O/c1-3-16-32-29(12-1)14-9-22-36(32)44-38-19-5-6-20-39(38)46(37-23-10-15-30-13-2-4-17-33(30)37)45-34(21-11-24-40(44)45)31-26-27-43-41(28-31)35-18-7-8-25-42(35)47-43/h1-28H/i1D,2D,3D,4D,5D,6D,7D,8D,9D,10D,11D,12D,13D,14D,15D,16D,17D,18D,19D,20D,22D,23D,24D,25D,26D,27D,28D. The molecule has 0 saturated heterocycles. The molecule has 0 radical (unpaired) electrons. The summed E-state index contributed by atoms with van der Waals surface area (Å²) in [4.78, 5) is 0. The molecule has 1 nitrogen and oxygen atoms in total. The van der Waals surface area contributed by atoms with Gasteiger partial charge in [-0.25, -0.2) is 0 Å². The van der Waals surface area contributed by atoms with Crippen LogP contribution in [-0.2, 0) is 0 Å².